The normalized spacial score (nSPS) is 22.1. The van der Waals surface area contributed by atoms with Crippen molar-refractivity contribution >= 4 is 23.0 Å². The third-order valence-electron chi connectivity index (χ3n) is 3.86. The van der Waals surface area contributed by atoms with Crippen molar-refractivity contribution in [3.63, 3.8) is 0 Å². The first kappa shape index (κ1) is 14.9. The van der Waals surface area contributed by atoms with E-state index < -0.39 is 0 Å². The molecule has 3 N–H and O–H groups in total. The van der Waals surface area contributed by atoms with Crippen molar-refractivity contribution in [2.24, 2.45) is 5.92 Å². The van der Waals surface area contributed by atoms with E-state index in [1.807, 2.05) is 6.07 Å². The fourth-order valence-corrected chi connectivity index (χ4v) is 2.90. The minimum Gasteiger partial charge on any atom is -0.504 e. The van der Waals surface area contributed by atoms with Crippen LogP contribution in [0.1, 0.15) is 32.6 Å². The van der Waals surface area contributed by atoms with Crippen LogP contribution in [0, 0.1) is 5.92 Å². The summed E-state index contributed by atoms with van der Waals surface area (Å²) in [5.41, 5.74) is 0.754. The number of benzene rings is 1. The number of hydrogen-bond donors (Lipinski definition) is 3. The van der Waals surface area contributed by atoms with Gasteiger partial charge < -0.3 is 20.5 Å². The average Bonchev–Trinajstić information content (AvgIpc) is 2.41. The highest BCUT2D eigenvalue weighted by Gasteiger charge is 2.21. The summed E-state index contributed by atoms with van der Waals surface area (Å²) >= 11 is 5.34. The Bertz CT molecular complexity index is 479. The lowest BCUT2D eigenvalue weighted by molar-refractivity contribution is 0.309. The number of phenols is 1. The van der Waals surface area contributed by atoms with E-state index in [1.54, 1.807) is 12.1 Å². The average molecular weight is 294 g/mol. The van der Waals surface area contributed by atoms with E-state index in [-0.39, 0.29) is 5.75 Å². The van der Waals surface area contributed by atoms with Gasteiger partial charge in [-0.05, 0) is 43.1 Å². The number of aromatic hydroxyl groups is 1. The monoisotopic (exact) mass is 294 g/mol. The molecule has 1 aliphatic rings. The smallest absolute Gasteiger partial charge is 0.171 e. The van der Waals surface area contributed by atoms with Crippen LogP contribution in [0.2, 0.25) is 0 Å². The Balaban J connectivity index is 1.92. The molecule has 1 fully saturated rings. The molecule has 1 aromatic rings. The highest BCUT2D eigenvalue weighted by molar-refractivity contribution is 7.80. The first-order valence-electron chi connectivity index (χ1n) is 7.04. The van der Waals surface area contributed by atoms with Gasteiger partial charge >= 0.3 is 0 Å². The van der Waals surface area contributed by atoms with Crippen LogP contribution in [0.3, 0.4) is 0 Å². The fourth-order valence-electron chi connectivity index (χ4n) is 2.63. The highest BCUT2D eigenvalue weighted by Crippen LogP contribution is 2.28. The van der Waals surface area contributed by atoms with Gasteiger partial charge in [-0.15, -0.1) is 0 Å². The van der Waals surface area contributed by atoms with Crippen molar-refractivity contribution in [1.29, 1.82) is 0 Å². The van der Waals surface area contributed by atoms with Crippen LogP contribution in [0.15, 0.2) is 18.2 Å². The van der Waals surface area contributed by atoms with E-state index >= 15 is 0 Å². The Kier molecular flexibility index (Phi) is 5.06. The zero-order valence-electron chi connectivity index (χ0n) is 12.0. The van der Waals surface area contributed by atoms with E-state index in [1.165, 1.54) is 26.4 Å². The third kappa shape index (κ3) is 3.76. The molecule has 1 aliphatic carbocycles. The first-order chi connectivity index (χ1) is 9.60. The largest absolute Gasteiger partial charge is 0.504 e. The van der Waals surface area contributed by atoms with Gasteiger partial charge in [0.15, 0.2) is 16.6 Å². The molecule has 1 saturated carbocycles. The number of rotatable bonds is 3. The standard InChI is InChI=1S/C15H22N2O2S/c1-10-5-3-4-6-12(10)17-15(20)16-11-7-8-14(19-2)13(18)9-11/h7-10,12,18H,3-6H2,1-2H3,(H2,16,17,20)/t10-,12-/m0/s1. The molecular formula is C15H22N2O2S. The molecular weight excluding hydrogens is 272 g/mol. The Morgan fingerprint density at radius 1 is 1.35 bits per heavy atom. The zero-order valence-corrected chi connectivity index (χ0v) is 12.8. The summed E-state index contributed by atoms with van der Waals surface area (Å²) < 4.78 is 5.01. The maximum atomic E-state index is 9.74. The van der Waals surface area contributed by atoms with Crippen molar-refractivity contribution in [3.8, 4) is 11.5 Å². The molecule has 0 amide bonds. The molecule has 0 unspecified atom stereocenters. The van der Waals surface area contributed by atoms with Gasteiger partial charge in [0.25, 0.3) is 0 Å². The molecule has 0 heterocycles. The Labute approximate surface area is 125 Å². The number of phenolic OH excluding ortho intramolecular Hbond substituents is 1. The fraction of sp³-hybridized carbons (Fsp3) is 0.533. The van der Waals surface area contributed by atoms with Gasteiger partial charge in [-0.2, -0.15) is 0 Å². The topological polar surface area (TPSA) is 53.5 Å². The van der Waals surface area contributed by atoms with Gasteiger partial charge in [0, 0.05) is 17.8 Å². The molecule has 0 aliphatic heterocycles. The van der Waals surface area contributed by atoms with Crippen molar-refractivity contribution in [2.45, 2.75) is 38.6 Å². The van der Waals surface area contributed by atoms with Crippen molar-refractivity contribution in [3.05, 3.63) is 18.2 Å². The summed E-state index contributed by atoms with van der Waals surface area (Å²) in [6.07, 6.45) is 4.99. The van der Waals surface area contributed by atoms with Gasteiger partial charge in [-0.25, -0.2) is 0 Å². The number of methoxy groups -OCH3 is 1. The number of ether oxygens (including phenoxy) is 1. The summed E-state index contributed by atoms with van der Waals surface area (Å²) in [4.78, 5) is 0. The number of hydrogen-bond acceptors (Lipinski definition) is 3. The lowest BCUT2D eigenvalue weighted by atomic mass is 9.86. The first-order valence-corrected chi connectivity index (χ1v) is 7.45. The van der Waals surface area contributed by atoms with Gasteiger partial charge in [-0.1, -0.05) is 19.8 Å². The quantitative estimate of drug-likeness (QED) is 0.747. The third-order valence-corrected chi connectivity index (χ3v) is 4.08. The molecule has 0 spiro atoms. The van der Waals surface area contributed by atoms with Gasteiger partial charge in [0.1, 0.15) is 0 Å². The van der Waals surface area contributed by atoms with Crippen LogP contribution in [0.25, 0.3) is 0 Å². The van der Waals surface area contributed by atoms with E-state index in [0.29, 0.717) is 22.8 Å². The Morgan fingerprint density at radius 2 is 2.10 bits per heavy atom. The highest BCUT2D eigenvalue weighted by atomic mass is 32.1. The molecule has 4 nitrogen and oxygen atoms in total. The molecule has 0 bridgehead atoms. The van der Waals surface area contributed by atoms with Crippen LogP contribution < -0.4 is 15.4 Å². The van der Waals surface area contributed by atoms with E-state index in [9.17, 15) is 5.11 Å². The molecule has 20 heavy (non-hydrogen) atoms. The molecule has 2 atom stereocenters. The molecule has 0 saturated heterocycles. The van der Waals surface area contributed by atoms with Crippen molar-refractivity contribution in [2.75, 3.05) is 12.4 Å². The van der Waals surface area contributed by atoms with Crippen LogP contribution in [0.5, 0.6) is 11.5 Å². The number of anilines is 1. The lowest BCUT2D eigenvalue weighted by Gasteiger charge is -2.30. The summed E-state index contributed by atoms with van der Waals surface area (Å²) in [7, 11) is 1.53. The summed E-state index contributed by atoms with van der Waals surface area (Å²) in [5.74, 6) is 1.20. The molecule has 110 valence electrons. The van der Waals surface area contributed by atoms with E-state index in [4.69, 9.17) is 17.0 Å². The molecule has 1 aromatic carbocycles. The maximum Gasteiger partial charge on any atom is 0.171 e. The van der Waals surface area contributed by atoms with E-state index in [0.717, 1.165) is 12.1 Å². The van der Waals surface area contributed by atoms with Crippen LogP contribution >= 0.6 is 12.2 Å². The van der Waals surface area contributed by atoms with Crippen molar-refractivity contribution in [1.82, 2.24) is 5.32 Å². The second-order valence-electron chi connectivity index (χ2n) is 5.35. The lowest BCUT2D eigenvalue weighted by Crippen LogP contribution is -2.43. The minimum absolute atomic E-state index is 0.103. The molecule has 0 aromatic heterocycles. The van der Waals surface area contributed by atoms with Crippen LogP contribution in [-0.2, 0) is 0 Å². The second kappa shape index (κ2) is 6.79. The molecule has 0 radical (unpaired) electrons. The summed E-state index contributed by atoms with van der Waals surface area (Å²) in [6, 6.07) is 5.59. The van der Waals surface area contributed by atoms with Crippen LogP contribution in [-0.4, -0.2) is 23.4 Å². The predicted molar refractivity (Wildman–Crippen MR) is 85.4 cm³/mol. The maximum absolute atomic E-state index is 9.74. The number of nitrogens with one attached hydrogen (secondary N) is 2. The molecule has 5 heteroatoms. The summed E-state index contributed by atoms with van der Waals surface area (Å²) in [5, 5.41) is 16.8. The minimum atomic E-state index is 0.103. The van der Waals surface area contributed by atoms with Gasteiger partial charge in [0.05, 0.1) is 7.11 Å². The Morgan fingerprint density at radius 3 is 2.75 bits per heavy atom. The van der Waals surface area contributed by atoms with Gasteiger partial charge in [-0.3, -0.25) is 0 Å². The van der Waals surface area contributed by atoms with Crippen molar-refractivity contribution < 1.29 is 9.84 Å². The number of thiocarbonyl (C=S) groups is 1. The molecule has 2 rings (SSSR count). The zero-order chi connectivity index (χ0) is 14.5. The second-order valence-corrected chi connectivity index (χ2v) is 5.76. The predicted octanol–water partition coefficient (Wildman–Crippen LogP) is 3.27. The Hall–Kier alpha value is -1.49. The van der Waals surface area contributed by atoms with Crippen LogP contribution in [0.4, 0.5) is 5.69 Å². The SMILES string of the molecule is COc1ccc(NC(=S)N[C@H]2CCCC[C@@H]2C)cc1O. The summed E-state index contributed by atoms with van der Waals surface area (Å²) in [6.45, 7) is 2.26. The van der Waals surface area contributed by atoms with Gasteiger partial charge in [0.2, 0.25) is 0 Å². The van der Waals surface area contributed by atoms with E-state index in [2.05, 4.69) is 17.6 Å².